The van der Waals surface area contributed by atoms with Gasteiger partial charge in [0.2, 0.25) is 15.9 Å². The summed E-state index contributed by atoms with van der Waals surface area (Å²) in [6.07, 6.45) is -1.61. The van der Waals surface area contributed by atoms with Crippen LogP contribution < -0.4 is 18.9 Å². The molecule has 224 valence electrons. The zero-order chi connectivity index (χ0) is 30.5. The quantitative estimate of drug-likeness (QED) is 0.202. The van der Waals surface area contributed by atoms with Gasteiger partial charge in [0.15, 0.2) is 0 Å². The molecule has 0 amide bonds. The second-order valence-electron chi connectivity index (χ2n) is 9.68. The van der Waals surface area contributed by atoms with Gasteiger partial charge in [0, 0.05) is 31.4 Å². The highest BCUT2D eigenvalue weighted by Gasteiger charge is 2.32. The van der Waals surface area contributed by atoms with Crippen molar-refractivity contribution >= 4 is 26.0 Å². The van der Waals surface area contributed by atoms with Gasteiger partial charge >= 0.3 is 12.4 Å². The molecule has 10 nitrogen and oxygen atoms in total. The van der Waals surface area contributed by atoms with E-state index in [1.807, 2.05) is 0 Å². The van der Waals surface area contributed by atoms with E-state index in [-0.39, 0.29) is 36.4 Å². The van der Waals surface area contributed by atoms with Crippen molar-refractivity contribution < 1.29 is 35.8 Å². The van der Waals surface area contributed by atoms with Gasteiger partial charge in [-0.1, -0.05) is 30.3 Å². The standard InChI is InChI=1S/C27H27BrF3N5O5S/c1-26(2,35-42(37,38)21-7-5-4-6-8-21)15-22-23(18-9-11-20(12-10-18)41-27(29,30)31)24(34-36(22)3)39-13-14-40-25-32-16-19(28)17-33-25/h4-12,16-17,35H,13-15H2,1-3H3. The van der Waals surface area contributed by atoms with Crippen molar-refractivity contribution in [1.82, 2.24) is 24.5 Å². The summed E-state index contributed by atoms with van der Waals surface area (Å²) >= 11 is 3.25. The Labute approximate surface area is 249 Å². The normalized spacial score (nSPS) is 12.3. The number of aromatic nitrogens is 4. The third-order valence-electron chi connectivity index (χ3n) is 5.73. The molecule has 4 rings (SSSR count). The van der Waals surface area contributed by atoms with E-state index in [1.165, 1.54) is 48.8 Å². The Bertz CT molecular complexity index is 1600. The Balaban J connectivity index is 1.60. The highest BCUT2D eigenvalue weighted by atomic mass is 79.9. The van der Waals surface area contributed by atoms with Crippen LogP contribution in [0, 0.1) is 0 Å². The minimum Gasteiger partial charge on any atom is -0.473 e. The van der Waals surface area contributed by atoms with Crippen molar-refractivity contribution in [2.45, 2.75) is 37.1 Å². The number of hydrogen-bond donors (Lipinski definition) is 1. The fourth-order valence-corrected chi connectivity index (χ4v) is 5.71. The van der Waals surface area contributed by atoms with Crippen LogP contribution in [0.2, 0.25) is 0 Å². The molecule has 15 heteroatoms. The number of nitrogens with one attached hydrogen (secondary N) is 1. The fraction of sp³-hybridized carbons (Fsp3) is 0.296. The third kappa shape index (κ3) is 8.42. The molecule has 4 aromatic rings. The number of benzene rings is 2. The maximum atomic E-state index is 13.1. The van der Waals surface area contributed by atoms with Gasteiger partial charge in [0.1, 0.15) is 19.0 Å². The van der Waals surface area contributed by atoms with Crippen LogP contribution in [0.5, 0.6) is 17.6 Å². The Morgan fingerprint density at radius 1 is 0.952 bits per heavy atom. The minimum atomic E-state index is -4.84. The maximum absolute atomic E-state index is 13.1. The number of ether oxygens (including phenoxy) is 3. The maximum Gasteiger partial charge on any atom is 0.573 e. The van der Waals surface area contributed by atoms with Crippen molar-refractivity contribution in [2.24, 2.45) is 7.05 Å². The molecular formula is C27H27BrF3N5O5S. The zero-order valence-corrected chi connectivity index (χ0v) is 25.1. The van der Waals surface area contributed by atoms with Gasteiger partial charge in [-0.15, -0.1) is 18.3 Å². The molecule has 0 bridgehead atoms. The number of aryl methyl sites for hydroxylation is 1. The van der Waals surface area contributed by atoms with E-state index in [2.05, 4.69) is 40.5 Å². The summed E-state index contributed by atoms with van der Waals surface area (Å²) in [6.45, 7) is 3.56. The first-order valence-corrected chi connectivity index (χ1v) is 14.7. The third-order valence-corrected chi connectivity index (χ3v) is 7.86. The van der Waals surface area contributed by atoms with E-state index >= 15 is 0 Å². The largest absolute Gasteiger partial charge is 0.573 e. The van der Waals surface area contributed by atoms with E-state index < -0.39 is 27.7 Å². The van der Waals surface area contributed by atoms with Gasteiger partial charge in [-0.2, -0.15) is 0 Å². The molecule has 0 aliphatic rings. The van der Waals surface area contributed by atoms with Crippen LogP contribution in [0.4, 0.5) is 13.2 Å². The summed E-state index contributed by atoms with van der Waals surface area (Å²) in [4.78, 5) is 8.17. The highest BCUT2D eigenvalue weighted by molar-refractivity contribution is 9.10. The predicted octanol–water partition coefficient (Wildman–Crippen LogP) is 5.30. The number of alkyl halides is 3. The molecule has 0 aliphatic heterocycles. The van der Waals surface area contributed by atoms with E-state index in [0.717, 1.165) is 0 Å². The summed E-state index contributed by atoms with van der Waals surface area (Å²) in [5, 5.41) is 4.48. The molecule has 42 heavy (non-hydrogen) atoms. The van der Waals surface area contributed by atoms with Crippen molar-refractivity contribution in [2.75, 3.05) is 13.2 Å². The molecule has 0 radical (unpaired) electrons. The lowest BCUT2D eigenvalue weighted by Crippen LogP contribution is -2.45. The Hall–Kier alpha value is -3.69. The van der Waals surface area contributed by atoms with Crippen LogP contribution in [-0.4, -0.2) is 53.3 Å². The molecule has 2 aromatic heterocycles. The average Bonchev–Trinajstić information content (AvgIpc) is 3.21. The SMILES string of the molecule is Cn1nc(OCCOc2ncc(Br)cn2)c(-c2ccc(OC(F)(F)F)cc2)c1CC(C)(C)NS(=O)(=O)c1ccccc1. The van der Waals surface area contributed by atoms with E-state index in [9.17, 15) is 21.6 Å². The summed E-state index contributed by atoms with van der Waals surface area (Å²) in [5.41, 5.74) is 0.535. The summed E-state index contributed by atoms with van der Waals surface area (Å²) in [7, 11) is -2.19. The lowest BCUT2D eigenvalue weighted by molar-refractivity contribution is -0.274. The Kier molecular flexibility index (Phi) is 9.43. The van der Waals surface area contributed by atoms with Crippen molar-refractivity contribution in [3.63, 3.8) is 0 Å². The van der Waals surface area contributed by atoms with Gasteiger partial charge in [0.25, 0.3) is 0 Å². The monoisotopic (exact) mass is 669 g/mol. The van der Waals surface area contributed by atoms with Crippen molar-refractivity contribution in [3.05, 3.63) is 77.2 Å². The lowest BCUT2D eigenvalue weighted by atomic mass is 9.95. The molecule has 2 heterocycles. The summed E-state index contributed by atoms with van der Waals surface area (Å²) in [5.74, 6) is -0.211. The number of nitrogens with zero attached hydrogens (tertiary/aromatic N) is 4. The fourth-order valence-electron chi connectivity index (χ4n) is 4.07. The van der Waals surface area contributed by atoms with Crippen molar-refractivity contribution in [3.8, 4) is 28.8 Å². The zero-order valence-electron chi connectivity index (χ0n) is 22.7. The average molecular weight is 671 g/mol. The molecule has 0 aliphatic carbocycles. The molecule has 0 atom stereocenters. The smallest absolute Gasteiger partial charge is 0.473 e. The topological polar surface area (TPSA) is 117 Å². The number of hydrogen-bond acceptors (Lipinski definition) is 8. The summed E-state index contributed by atoms with van der Waals surface area (Å²) in [6, 6.07) is 13.4. The van der Waals surface area contributed by atoms with Crippen molar-refractivity contribution in [1.29, 1.82) is 0 Å². The van der Waals surface area contributed by atoms with Gasteiger partial charge < -0.3 is 14.2 Å². The van der Waals surface area contributed by atoms with Crippen LogP contribution in [0.15, 0.2) is 76.4 Å². The van der Waals surface area contributed by atoms with Crippen LogP contribution in [0.1, 0.15) is 19.5 Å². The molecule has 2 aromatic carbocycles. The molecule has 1 N–H and O–H groups in total. The minimum absolute atomic E-state index is 0.0438. The second kappa shape index (κ2) is 12.7. The van der Waals surface area contributed by atoms with Gasteiger partial charge in [-0.05, 0) is 59.6 Å². The molecular weight excluding hydrogens is 643 g/mol. The Morgan fingerprint density at radius 3 is 2.19 bits per heavy atom. The van der Waals surface area contributed by atoms with Gasteiger partial charge in [-0.25, -0.2) is 23.1 Å². The van der Waals surface area contributed by atoms with Crippen LogP contribution in [-0.2, 0) is 23.5 Å². The Morgan fingerprint density at radius 2 is 1.57 bits per heavy atom. The molecule has 0 saturated carbocycles. The first-order valence-electron chi connectivity index (χ1n) is 12.5. The molecule has 0 unspecified atom stereocenters. The van der Waals surface area contributed by atoms with Gasteiger partial charge in [-0.3, -0.25) is 4.68 Å². The second-order valence-corrected chi connectivity index (χ2v) is 12.3. The first-order chi connectivity index (χ1) is 19.7. The number of sulfonamides is 1. The molecule has 0 fully saturated rings. The summed E-state index contributed by atoms with van der Waals surface area (Å²) < 4.78 is 84.7. The van der Waals surface area contributed by atoms with E-state index in [1.54, 1.807) is 43.8 Å². The van der Waals surface area contributed by atoms with E-state index in [4.69, 9.17) is 9.47 Å². The molecule has 0 saturated heterocycles. The van der Waals surface area contributed by atoms with E-state index in [0.29, 0.717) is 21.3 Å². The predicted molar refractivity (Wildman–Crippen MR) is 151 cm³/mol. The number of rotatable bonds is 12. The lowest BCUT2D eigenvalue weighted by Gasteiger charge is -2.26. The van der Waals surface area contributed by atoms with Crippen LogP contribution >= 0.6 is 15.9 Å². The van der Waals surface area contributed by atoms with Crippen LogP contribution in [0.25, 0.3) is 11.1 Å². The van der Waals surface area contributed by atoms with Crippen LogP contribution in [0.3, 0.4) is 0 Å². The number of halogens is 4. The first kappa shape index (κ1) is 31.3. The van der Waals surface area contributed by atoms with Gasteiger partial charge in [0.05, 0.1) is 20.6 Å². The highest BCUT2D eigenvalue weighted by Crippen LogP contribution is 2.36. The molecule has 0 spiro atoms.